The molecule has 3 heteroatoms. The van der Waals surface area contributed by atoms with E-state index in [-0.39, 0.29) is 0 Å². The van der Waals surface area contributed by atoms with E-state index in [1.54, 1.807) is 13.4 Å². The molecule has 0 aliphatic heterocycles. The standard InChI is InChI=1S/C4H11N3/c1-3-6-7-4-5-2/h4,6H,3H2,1-2H3,(H,5,7). The molecule has 0 spiro atoms. The largest absolute Gasteiger partial charge is 0.312 e. The summed E-state index contributed by atoms with van der Waals surface area (Å²) in [7, 11) is 1.71. The molecule has 7 heavy (non-hydrogen) atoms. The monoisotopic (exact) mass is 101 g/mol. The molecule has 0 radical (unpaired) electrons. The van der Waals surface area contributed by atoms with Crippen molar-refractivity contribution in [3.8, 4) is 0 Å². The van der Waals surface area contributed by atoms with Gasteiger partial charge >= 0.3 is 0 Å². The lowest BCUT2D eigenvalue weighted by Gasteiger charge is -1.94. The van der Waals surface area contributed by atoms with Gasteiger partial charge in [0.05, 0.1) is 6.34 Å². The molecule has 0 aromatic rings. The van der Waals surface area contributed by atoms with Crippen molar-refractivity contribution in [2.45, 2.75) is 6.92 Å². The van der Waals surface area contributed by atoms with Crippen LogP contribution in [0.5, 0.6) is 0 Å². The van der Waals surface area contributed by atoms with Crippen LogP contribution in [-0.4, -0.2) is 19.9 Å². The fourth-order valence-corrected chi connectivity index (χ4v) is 0.212. The van der Waals surface area contributed by atoms with Gasteiger partial charge in [0.25, 0.3) is 0 Å². The number of aliphatic imine (C=N–C) groups is 1. The van der Waals surface area contributed by atoms with Gasteiger partial charge in [0.1, 0.15) is 0 Å². The molecule has 0 heterocycles. The smallest absolute Gasteiger partial charge is 0.0962 e. The maximum atomic E-state index is 3.67. The number of hydrogen-bond acceptors (Lipinski definition) is 2. The van der Waals surface area contributed by atoms with Gasteiger partial charge < -0.3 is 5.43 Å². The summed E-state index contributed by atoms with van der Waals surface area (Å²) in [6.45, 7) is 2.92. The first kappa shape index (κ1) is 6.43. The molecule has 0 saturated heterocycles. The lowest BCUT2D eigenvalue weighted by Crippen LogP contribution is -2.29. The second-order valence-corrected chi connectivity index (χ2v) is 1.06. The minimum Gasteiger partial charge on any atom is -0.312 e. The summed E-state index contributed by atoms with van der Waals surface area (Å²) < 4.78 is 0. The van der Waals surface area contributed by atoms with Crippen LogP contribution < -0.4 is 10.9 Å². The molecule has 0 aliphatic carbocycles. The number of hydrazine groups is 1. The molecule has 0 unspecified atom stereocenters. The van der Waals surface area contributed by atoms with Crippen molar-refractivity contribution in [2.24, 2.45) is 4.99 Å². The van der Waals surface area contributed by atoms with Gasteiger partial charge in [-0.15, -0.1) is 0 Å². The second kappa shape index (κ2) is 5.43. The normalized spacial score (nSPS) is 10.0. The molecule has 0 amide bonds. The van der Waals surface area contributed by atoms with E-state index in [4.69, 9.17) is 0 Å². The average Bonchev–Trinajstić information content (AvgIpc) is 1.69. The SMILES string of the molecule is CCNNC=NC. The molecule has 0 aromatic heterocycles. The zero-order chi connectivity index (χ0) is 5.54. The fourth-order valence-electron chi connectivity index (χ4n) is 0.212. The number of hydrogen-bond donors (Lipinski definition) is 2. The number of rotatable bonds is 3. The van der Waals surface area contributed by atoms with E-state index in [2.05, 4.69) is 15.8 Å². The summed E-state index contributed by atoms with van der Waals surface area (Å²) in [6.07, 6.45) is 1.60. The molecule has 0 saturated carbocycles. The number of nitrogens with one attached hydrogen (secondary N) is 2. The lowest BCUT2D eigenvalue weighted by molar-refractivity contribution is 0.694. The molecule has 42 valence electrons. The third kappa shape index (κ3) is 5.43. The fraction of sp³-hybridized carbons (Fsp3) is 0.750. The first-order valence-corrected chi connectivity index (χ1v) is 2.30. The van der Waals surface area contributed by atoms with Crippen molar-refractivity contribution in [3.63, 3.8) is 0 Å². The average molecular weight is 101 g/mol. The molecule has 0 atom stereocenters. The van der Waals surface area contributed by atoms with E-state index in [0.717, 1.165) is 6.54 Å². The molecule has 2 N–H and O–H groups in total. The van der Waals surface area contributed by atoms with Crippen molar-refractivity contribution in [1.29, 1.82) is 0 Å². The minimum absolute atomic E-state index is 0.909. The summed E-state index contributed by atoms with van der Waals surface area (Å²) in [5.41, 5.74) is 5.59. The van der Waals surface area contributed by atoms with Gasteiger partial charge in [-0.1, -0.05) is 6.92 Å². The van der Waals surface area contributed by atoms with Crippen LogP contribution in [0.15, 0.2) is 4.99 Å². The summed E-state index contributed by atoms with van der Waals surface area (Å²) >= 11 is 0. The highest BCUT2D eigenvalue weighted by Crippen LogP contribution is 1.43. The Morgan fingerprint density at radius 1 is 1.71 bits per heavy atom. The van der Waals surface area contributed by atoms with Crippen LogP contribution in [0.4, 0.5) is 0 Å². The lowest BCUT2D eigenvalue weighted by atomic mass is 10.8. The molecular weight excluding hydrogens is 90.1 g/mol. The van der Waals surface area contributed by atoms with Gasteiger partial charge in [-0.3, -0.25) is 4.99 Å². The molecule has 0 aliphatic rings. The van der Waals surface area contributed by atoms with Crippen LogP contribution in [0.2, 0.25) is 0 Å². The van der Waals surface area contributed by atoms with Crippen molar-refractivity contribution >= 4 is 6.34 Å². The predicted octanol–water partition coefficient (Wildman–Crippen LogP) is -0.241. The van der Waals surface area contributed by atoms with Gasteiger partial charge in [-0.05, 0) is 0 Å². The Balaban J connectivity index is 2.69. The maximum Gasteiger partial charge on any atom is 0.0962 e. The van der Waals surface area contributed by atoms with Crippen molar-refractivity contribution < 1.29 is 0 Å². The van der Waals surface area contributed by atoms with Gasteiger partial charge in [0, 0.05) is 13.6 Å². The number of nitrogens with zero attached hydrogens (tertiary/aromatic N) is 1. The third-order valence-electron chi connectivity index (χ3n) is 0.472. The Morgan fingerprint density at radius 3 is 2.86 bits per heavy atom. The van der Waals surface area contributed by atoms with Gasteiger partial charge in [0.2, 0.25) is 0 Å². The van der Waals surface area contributed by atoms with Crippen molar-refractivity contribution in [3.05, 3.63) is 0 Å². The quantitative estimate of drug-likeness (QED) is 0.223. The van der Waals surface area contributed by atoms with Crippen molar-refractivity contribution in [2.75, 3.05) is 13.6 Å². The topological polar surface area (TPSA) is 36.4 Å². The van der Waals surface area contributed by atoms with Crippen LogP contribution in [0.1, 0.15) is 6.92 Å². The van der Waals surface area contributed by atoms with Crippen LogP contribution in [-0.2, 0) is 0 Å². The summed E-state index contributed by atoms with van der Waals surface area (Å²) in [5.74, 6) is 0. The second-order valence-electron chi connectivity index (χ2n) is 1.06. The van der Waals surface area contributed by atoms with E-state index >= 15 is 0 Å². The Morgan fingerprint density at radius 2 is 2.43 bits per heavy atom. The van der Waals surface area contributed by atoms with E-state index in [1.165, 1.54) is 0 Å². The Kier molecular flexibility index (Phi) is 4.99. The molecular formula is C4H11N3. The Hall–Kier alpha value is -0.570. The Labute approximate surface area is 43.8 Å². The molecule has 0 aromatic carbocycles. The van der Waals surface area contributed by atoms with Gasteiger partial charge in [-0.25, -0.2) is 5.43 Å². The minimum atomic E-state index is 0.909. The molecule has 0 fully saturated rings. The summed E-state index contributed by atoms with van der Waals surface area (Å²) in [4.78, 5) is 3.67. The van der Waals surface area contributed by atoms with Gasteiger partial charge in [-0.2, -0.15) is 0 Å². The molecule has 0 bridgehead atoms. The van der Waals surface area contributed by atoms with E-state index in [1.807, 2.05) is 6.92 Å². The Bertz CT molecular complexity index is 50.9. The predicted molar refractivity (Wildman–Crippen MR) is 31.2 cm³/mol. The maximum absolute atomic E-state index is 3.67. The highest BCUT2D eigenvalue weighted by molar-refractivity contribution is 5.52. The van der Waals surface area contributed by atoms with Crippen LogP contribution in [0, 0.1) is 0 Å². The highest BCUT2D eigenvalue weighted by Gasteiger charge is 1.64. The molecule has 0 rings (SSSR count). The van der Waals surface area contributed by atoms with Crippen LogP contribution in [0.3, 0.4) is 0 Å². The van der Waals surface area contributed by atoms with Gasteiger partial charge in [0.15, 0.2) is 0 Å². The van der Waals surface area contributed by atoms with Crippen molar-refractivity contribution in [1.82, 2.24) is 10.9 Å². The zero-order valence-corrected chi connectivity index (χ0v) is 4.73. The highest BCUT2D eigenvalue weighted by atomic mass is 15.3. The summed E-state index contributed by atoms with van der Waals surface area (Å²) in [5, 5.41) is 0. The summed E-state index contributed by atoms with van der Waals surface area (Å²) in [6, 6.07) is 0. The van der Waals surface area contributed by atoms with Crippen LogP contribution >= 0.6 is 0 Å². The van der Waals surface area contributed by atoms with E-state index in [9.17, 15) is 0 Å². The first-order valence-electron chi connectivity index (χ1n) is 2.30. The van der Waals surface area contributed by atoms with Crippen LogP contribution in [0.25, 0.3) is 0 Å². The first-order chi connectivity index (χ1) is 3.41. The van der Waals surface area contributed by atoms with E-state index < -0.39 is 0 Å². The van der Waals surface area contributed by atoms with E-state index in [0.29, 0.717) is 0 Å². The third-order valence-corrected chi connectivity index (χ3v) is 0.472. The zero-order valence-electron chi connectivity index (χ0n) is 4.73. The molecule has 3 nitrogen and oxygen atoms in total.